The van der Waals surface area contributed by atoms with Gasteiger partial charge in [-0.15, -0.1) is 0 Å². The fourth-order valence-corrected chi connectivity index (χ4v) is 5.99. The summed E-state index contributed by atoms with van der Waals surface area (Å²) < 4.78 is 5.58. The number of nitriles is 1. The lowest BCUT2D eigenvalue weighted by Crippen LogP contribution is -2.55. The van der Waals surface area contributed by atoms with Crippen molar-refractivity contribution in [1.29, 1.82) is 5.26 Å². The summed E-state index contributed by atoms with van der Waals surface area (Å²) in [4.78, 5) is 39.7. The van der Waals surface area contributed by atoms with E-state index in [9.17, 15) is 19.6 Å². The molecule has 2 amide bonds. The molecule has 0 spiro atoms. The predicted octanol–water partition coefficient (Wildman–Crippen LogP) is 4.82. The molecule has 7 heteroatoms. The van der Waals surface area contributed by atoms with Crippen molar-refractivity contribution in [3.63, 3.8) is 0 Å². The Kier molecular flexibility index (Phi) is 6.53. The van der Waals surface area contributed by atoms with Crippen molar-refractivity contribution in [2.75, 3.05) is 0 Å². The van der Waals surface area contributed by atoms with Gasteiger partial charge in [-0.2, -0.15) is 5.26 Å². The van der Waals surface area contributed by atoms with E-state index in [0.717, 1.165) is 53.5 Å². The van der Waals surface area contributed by atoms with Crippen LogP contribution in [0.25, 0.3) is 11.1 Å². The predicted molar refractivity (Wildman–Crippen MR) is 139 cm³/mol. The Balaban J connectivity index is 1.24. The van der Waals surface area contributed by atoms with E-state index in [1.54, 1.807) is 4.90 Å². The number of carbonyl (C=O) groups is 3. The molecule has 2 aliphatic carbocycles. The molecule has 0 radical (unpaired) electrons. The Bertz CT molecular complexity index is 1270. The van der Waals surface area contributed by atoms with Crippen molar-refractivity contribution in [2.45, 2.75) is 83.0 Å². The molecule has 7 nitrogen and oxygen atoms in total. The van der Waals surface area contributed by atoms with Gasteiger partial charge in [-0.05, 0) is 74.6 Å². The second-order valence-electron chi connectivity index (χ2n) is 11.4. The molecule has 1 saturated heterocycles. The van der Waals surface area contributed by atoms with Gasteiger partial charge in [0.25, 0.3) is 0 Å². The zero-order valence-corrected chi connectivity index (χ0v) is 21.6. The van der Waals surface area contributed by atoms with Gasteiger partial charge in [-0.25, -0.2) is 4.79 Å². The molecular weight excluding hydrogens is 466 g/mol. The number of nitrogens with one attached hydrogen (secondary N) is 1. The number of aryl methyl sites for hydroxylation is 1. The van der Waals surface area contributed by atoms with E-state index in [0.29, 0.717) is 12.8 Å². The number of amides is 2. The molecule has 4 unspecified atom stereocenters. The van der Waals surface area contributed by atoms with Crippen LogP contribution in [0.1, 0.15) is 67.9 Å². The highest BCUT2D eigenvalue weighted by atomic mass is 16.6. The summed E-state index contributed by atoms with van der Waals surface area (Å²) in [5.41, 5.74) is 4.32. The van der Waals surface area contributed by atoms with Gasteiger partial charge < -0.3 is 10.1 Å². The number of carbonyl (C=O) groups excluding carboxylic acids is 3. The minimum atomic E-state index is -0.705. The fourth-order valence-electron chi connectivity index (χ4n) is 5.99. The van der Waals surface area contributed by atoms with Crippen LogP contribution in [0.4, 0.5) is 4.79 Å². The number of hydrogen-bond donors (Lipinski definition) is 1. The first kappa shape index (κ1) is 25.0. The highest BCUT2D eigenvalue weighted by Crippen LogP contribution is 2.43. The summed E-state index contributed by atoms with van der Waals surface area (Å²) in [7, 11) is 0. The van der Waals surface area contributed by atoms with E-state index in [1.807, 2.05) is 57.2 Å². The lowest BCUT2D eigenvalue weighted by atomic mass is 9.96. The Morgan fingerprint density at radius 2 is 1.84 bits per heavy atom. The molecule has 2 aromatic rings. The molecule has 1 heterocycles. The van der Waals surface area contributed by atoms with Crippen molar-refractivity contribution in [3.8, 4) is 17.2 Å². The minimum Gasteiger partial charge on any atom is -0.444 e. The minimum absolute atomic E-state index is 0.0148. The van der Waals surface area contributed by atoms with Crippen LogP contribution in [0.5, 0.6) is 0 Å². The SMILES string of the molecule is CC(C)(C)OC(=O)N1C2CCC(C2)C1C(=O)NC(C#N)Cc1ccc(-c2ccc3c(c2)CCC3=O)cc1. The maximum atomic E-state index is 13.3. The van der Waals surface area contributed by atoms with Gasteiger partial charge in [-0.3, -0.25) is 14.5 Å². The molecular formula is C30H33N3O4. The second-order valence-corrected chi connectivity index (χ2v) is 11.4. The van der Waals surface area contributed by atoms with E-state index in [-0.39, 0.29) is 23.7 Å². The smallest absolute Gasteiger partial charge is 0.411 e. The molecule has 2 aromatic carbocycles. The number of piperidine rings is 1. The van der Waals surface area contributed by atoms with E-state index in [2.05, 4.69) is 17.5 Å². The maximum absolute atomic E-state index is 13.3. The Morgan fingerprint density at radius 3 is 2.54 bits per heavy atom. The lowest BCUT2D eigenvalue weighted by molar-refractivity contribution is -0.128. The highest BCUT2D eigenvalue weighted by Gasteiger charge is 2.52. The second kappa shape index (κ2) is 9.66. The van der Waals surface area contributed by atoms with E-state index >= 15 is 0 Å². The Hall–Kier alpha value is -3.66. The molecule has 1 aliphatic heterocycles. The van der Waals surface area contributed by atoms with Gasteiger partial charge in [-0.1, -0.05) is 42.5 Å². The number of likely N-dealkylation sites (tertiary alicyclic amines) is 1. The van der Waals surface area contributed by atoms with E-state index < -0.39 is 23.8 Å². The van der Waals surface area contributed by atoms with Crippen molar-refractivity contribution in [2.24, 2.45) is 5.92 Å². The number of Topliss-reactive ketones (excluding diaryl/α,β-unsaturated/α-hetero) is 1. The van der Waals surface area contributed by atoms with Crippen LogP contribution >= 0.6 is 0 Å². The van der Waals surface area contributed by atoms with Crippen LogP contribution in [0.3, 0.4) is 0 Å². The first-order valence-corrected chi connectivity index (χ1v) is 13.1. The largest absolute Gasteiger partial charge is 0.444 e. The third-order valence-corrected chi connectivity index (χ3v) is 7.68. The number of hydrogen-bond acceptors (Lipinski definition) is 5. The van der Waals surface area contributed by atoms with Crippen LogP contribution in [-0.4, -0.2) is 46.4 Å². The van der Waals surface area contributed by atoms with Gasteiger partial charge in [0.05, 0.1) is 6.07 Å². The third-order valence-electron chi connectivity index (χ3n) is 7.68. The van der Waals surface area contributed by atoms with E-state index in [1.165, 1.54) is 0 Å². The molecule has 2 bridgehead atoms. The number of ketones is 1. The molecule has 0 aromatic heterocycles. The van der Waals surface area contributed by atoms with Crippen LogP contribution in [0.15, 0.2) is 42.5 Å². The Labute approximate surface area is 217 Å². The molecule has 5 rings (SSSR count). The summed E-state index contributed by atoms with van der Waals surface area (Å²) in [5, 5.41) is 12.7. The first-order valence-electron chi connectivity index (χ1n) is 13.1. The van der Waals surface area contributed by atoms with Crippen molar-refractivity contribution in [3.05, 3.63) is 59.2 Å². The summed E-state index contributed by atoms with van der Waals surface area (Å²) in [6.07, 6.45) is 3.86. The normalized spacial score (nSPS) is 22.9. The first-order chi connectivity index (χ1) is 17.6. The summed E-state index contributed by atoms with van der Waals surface area (Å²) >= 11 is 0. The van der Waals surface area contributed by atoms with Gasteiger partial charge in [0, 0.05) is 24.4 Å². The van der Waals surface area contributed by atoms with Crippen LogP contribution in [-0.2, 0) is 22.4 Å². The van der Waals surface area contributed by atoms with Crippen molar-refractivity contribution < 1.29 is 19.1 Å². The van der Waals surface area contributed by atoms with Crippen molar-refractivity contribution >= 4 is 17.8 Å². The van der Waals surface area contributed by atoms with Crippen molar-refractivity contribution in [1.82, 2.24) is 10.2 Å². The molecule has 192 valence electrons. The summed E-state index contributed by atoms with van der Waals surface area (Å²) in [6.45, 7) is 5.45. The van der Waals surface area contributed by atoms with Crippen LogP contribution < -0.4 is 5.32 Å². The topological polar surface area (TPSA) is 99.5 Å². The fraction of sp³-hybridized carbons (Fsp3) is 0.467. The van der Waals surface area contributed by atoms with Crippen LogP contribution in [0, 0.1) is 17.2 Å². The monoisotopic (exact) mass is 499 g/mol. The molecule has 4 atom stereocenters. The van der Waals surface area contributed by atoms with Gasteiger partial charge in [0.15, 0.2) is 5.78 Å². The highest BCUT2D eigenvalue weighted by molar-refractivity contribution is 6.01. The third kappa shape index (κ3) is 5.11. The number of ether oxygens (including phenoxy) is 1. The number of nitrogens with zero attached hydrogens (tertiary/aromatic N) is 2. The average molecular weight is 500 g/mol. The number of rotatable bonds is 5. The van der Waals surface area contributed by atoms with Gasteiger partial charge >= 0.3 is 6.09 Å². The molecule has 1 N–H and O–H groups in total. The van der Waals surface area contributed by atoms with Gasteiger partial charge in [0.2, 0.25) is 5.91 Å². The zero-order valence-electron chi connectivity index (χ0n) is 21.6. The molecule has 37 heavy (non-hydrogen) atoms. The maximum Gasteiger partial charge on any atom is 0.411 e. The molecule has 2 fully saturated rings. The zero-order chi connectivity index (χ0) is 26.3. The quantitative estimate of drug-likeness (QED) is 0.636. The summed E-state index contributed by atoms with van der Waals surface area (Å²) in [5.74, 6) is 0.0221. The Morgan fingerprint density at radius 1 is 1.11 bits per heavy atom. The van der Waals surface area contributed by atoms with E-state index in [4.69, 9.17) is 4.74 Å². The average Bonchev–Trinajstić information content (AvgIpc) is 3.57. The number of fused-ring (bicyclic) bond motifs is 3. The van der Waals surface area contributed by atoms with Crippen LogP contribution in [0.2, 0.25) is 0 Å². The standard InChI is InChI=1S/C30H33N3O4/c1-30(2,3)37-29(36)33-24-11-8-22(16-24)27(33)28(35)32-23(17-31)14-18-4-6-19(7-5-18)20-9-12-25-21(15-20)10-13-26(25)34/h4-7,9,12,15,22-24,27H,8,10-11,13-14,16H2,1-3H3,(H,32,35). The summed E-state index contributed by atoms with van der Waals surface area (Å²) in [6, 6.07) is 14.8. The van der Waals surface area contributed by atoms with Gasteiger partial charge in [0.1, 0.15) is 17.7 Å². The number of benzene rings is 2. The lowest BCUT2D eigenvalue weighted by Gasteiger charge is -2.35. The molecule has 1 saturated carbocycles. The molecule has 3 aliphatic rings.